The van der Waals surface area contributed by atoms with Crippen LogP contribution < -0.4 is 5.73 Å². The molecule has 2 nitrogen and oxygen atoms in total. The van der Waals surface area contributed by atoms with Crippen LogP contribution in [0.4, 0.5) is 0 Å². The van der Waals surface area contributed by atoms with Crippen LogP contribution in [0.2, 0.25) is 0 Å². The Balaban J connectivity index is 2.35. The molecule has 0 radical (unpaired) electrons. The fourth-order valence-electron chi connectivity index (χ4n) is 1.82. The zero-order valence-electron chi connectivity index (χ0n) is 10.3. The van der Waals surface area contributed by atoms with Crippen molar-refractivity contribution in [2.24, 2.45) is 5.73 Å². The molecule has 2 N–H and O–H groups in total. The highest BCUT2D eigenvalue weighted by atomic mass is 16.1. The summed E-state index contributed by atoms with van der Waals surface area (Å²) in [6, 6.07) is 16.3. The van der Waals surface area contributed by atoms with Crippen LogP contribution >= 0.6 is 0 Å². The van der Waals surface area contributed by atoms with Gasteiger partial charge in [-0.25, -0.2) is 0 Å². The molecule has 0 saturated heterocycles. The van der Waals surface area contributed by atoms with Crippen molar-refractivity contribution in [3.63, 3.8) is 0 Å². The van der Waals surface area contributed by atoms with Crippen LogP contribution in [0.25, 0.3) is 17.2 Å². The molecule has 0 aliphatic rings. The summed E-state index contributed by atoms with van der Waals surface area (Å²) in [5, 5.41) is 0. The highest BCUT2D eigenvalue weighted by Gasteiger charge is 1.98. The lowest BCUT2D eigenvalue weighted by Crippen LogP contribution is -2.05. The molecule has 0 atom stereocenters. The summed E-state index contributed by atoms with van der Waals surface area (Å²) in [4.78, 5) is 10.7. The molecular formula is C16H15NO. The first-order chi connectivity index (χ1) is 8.65. The molecular weight excluding hydrogens is 222 g/mol. The van der Waals surface area contributed by atoms with Gasteiger partial charge >= 0.3 is 0 Å². The van der Waals surface area contributed by atoms with Crippen molar-refractivity contribution in [3.05, 3.63) is 65.7 Å². The maximum atomic E-state index is 10.7. The Labute approximate surface area is 107 Å². The van der Waals surface area contributed by atoms with Gasteiger partial charge in [-0.3, -0.25) is 4.79 Å². The first kappa shape index (κ1) is 12.1. The van der Waals surface area contributed by atoms with Crippen molar-refractivity contribution in [2.45, 2.75) is 6.92 Å². The number of carbonyl (C=O) groups excluding carboxylic acids is 1. The Morgan fingerprint density at radius 3 is 2.39 bits per heavy atom. The fourth-order valence-corrected chi connectivity index (χ4v) is 1.82. The van der Waals surface area contributed by atoms with E-state index in [1.165, 1.54) is 17.2 Å². The standard InChI is InChI=1S/C16H15NO/c1-12-4-2-6-14(10-12)15-7-3-5-13(11-15)8-9-16(17)18/h2-11H,1H3,(H2,17,18)/b9-8+. The van der Waals surface area contributed by atoms with Gasteiger partial charge in [0.05, 0.1) is 0 Å². The van der Waals surface area contributed by atoms with E-state index in [4.69, 9.17) is 5.73 Å². The van der Waals surface area contributed by atoms with Crippen LogP contribution in [-0.2, 0) is 4.79 Å². The summed E-state index contributed by atoms with van der Waals surface area (Å²) in [5.74, 6) is -0.434. The molecule has 1 amide bonds. The average Bonchev–Trinajstić information content (AvgIpc) is 2.37. The van der Waals surface area contributed by atoms with Gasteiger partial charge in [-0.15, -0.1) is 0 Å². The van der Waals surface area contributed by atoms with E-state index in [2.05, 4.69) is 31.2 Å². The fraction of sp³-hybridized carbons (Fsp3) is 0.0625. The van der Waals surface area contributed by atoms with Gasteiger partial charge in [-0.1, -0.05) is 48.0 Å². The number of hydrogen-bond donors (Lipinski definition) is 1. The summed E-state index contributed by atoms with van der Waals surface area (Å²) in [5.41, 5.74) is 9.58. The number of carbonyl (C=O) groups is 1. The molecule has 2 rings (SSSR count). The molecule has 0 bridgehead atoms. The number of benzene rings is 2. The average molecular weight is 237 g/mol. The molecule has 90 valence electrons. The lowest BCUT2D eigenvalue weighted by Gasteiger charge is -2.04. The molecule has 0 aliphatic carbocycles. The number of rotatable bonds is 3. The molecule has 0 aromatic heterocycles. The lowest BCUT2D eigenvalue weighted by atomic mass is 10.0. The van der Waals surface area contributed by atoms with E-state index >= 15 is 0 Å². The Morgan fingerprint density at radius 2 is 1.72 bits per heavy atom. The molecule has 0 fully saturated rings. The number of aryl methyl sites for hydroxylation is 1. The third-order valence-electron chi connectivity index (χ3n) is 2.68. The Bertz CT molecular complexity index is 600. The monoisotopic (exact) mass is 237 g/mol. The van der Waals surface area contributed by atoms with Crippen molar-refractivity contribution >= 4 is 12.0 Å². The first-order valence-electron chi connectivity index (χ1n) is 5.80. The van der Waals surface area contributed by atoms with Crippen LogP contribution in [-0.4, -0.2) is 5.91 Å². The van der Waals surface area contributed by atoms with Gasteiger partial charge in [-0.2, -0.15) is 0 Å². The van der Waals surface area contributed by atoms with Gasteiger partial charge in [0.15, 0.2) is 0 Å². The molecule has 2 aromatic carbocycles. The van der Waals surface area contributed by atoms with Crippen LogP contribution in [0.5, 0.6) is 0 Å². The summed E-state index contributed by atoms with van der Waals surface area (Å²) < 4.78 is 0. The van der Waals surface area contributed by atoms with Crippen LogP contribution in [0.15, 0.2) is 54.6 Å². The maximum Gasteiger partial charge on any atom is 0.241 e. The van der Waals surface area contributed by atoms with Crippen molar-refractivity contribution in [1.82, 2.24) is 0 Å². The summed E-state index contributed by atoms with van der Waals surface area (Å²) in [6.07, 6.45) is 3.09. The van der Waals surface area contributed by atoms with Crippen LogP contribution in [0, 0.1) is 6.92 Å². The van der Waals surface area contributed by atoms with Gasteiger partial charge in [-0.05, 0) is 35.8 Å². The number of hydrogen-bond acceptors (Lipinski definition) is 1. The molecule has 0 unspecified atom stereocenters. The van der Waals surface area contributed by atoms with E-state index in [0.29, 0.717) is 0 Å². The SMILES string of the molecule is Cc1cccc(-c2cccc(/C=C/C(N)=O)c2)c1. The summed E-state index contributed by atoms with van der Waals surface area (Å²) >= 11 is 0. The van der Waals surface area contributed by atoms with Gasteiger partial charge in [0.2, 0.25) is 5.91 Å². The van der Waals surface area contributed by atoms with E-state index in [0.717, 1.165) is 11.1 Å². The normalized spacial score (nSPS) is 10.7. The number of nitrogens with two attached hydrogens (primary N) is 1. The predicted molar refractivity (Wildman–Crippen MR) is 74.8 cm³/mol. The quantitative estimate of drug-likeness (QED) is 0.819. The minimum Gasteiger partial charge on any atom is -0.366 e. The van der Waals surface area contributed by atoms with E-state index < -0.39 is 5.91 Å². The molecule has 2 heteroatoms. The Morgan fingerprint density at radius 1 is 1.06 bits per heavy atom. The molecule has 0 spiro atoms. The number of amides is 1. The third-order valence-corrected chi connectivity index (χ3v) is 2.68. The second-order valence-corrected chi connectivity index (χ2v) is 4.23. The van der Waals surface area contributed by atoms with Crippen molar-refractivity contribution in [3.8, 4) is 11.1 Å². The minimum atomic E-state index is -0.434. The minimum absolute atomic E-state index is 0.434. The second kappa shape index (κ2) is 5.32. The molecule has 0 heterocycles. The Hall–Kier alpha value is -2.35. The molecule has 0 saturated carbocycles. The highest BCUT2D eigenvalue weighted by molar-refractivity contribution is 5.90. The first-order valence-corrected chi connectivity index (χ1v) is 5.80. The Kier molecular flexibility index (Phi) is 3.58. The van der Waals surface area contributed by atoms with Gasteiger partial charge in [0, 0.05) is 6.08 Å². The van der Waals surface area contributed by atoms with E-state index in [9.17, 15) is 4.79 Å². The lowest BCUT2D eigenvalue weighted by molar-refractivity contribution is -0.113. The van der Waals surface area contributed by atoms with Gasteiger partial charge in [0.1, 0.15) is 0 Å². The molecule has 18 heavy (non-hydrogen) atoms. The third kappa shape index (κ3) is 3.08. The van der Waals surface area contributed by atoms with E-state index in [1.54, 1.807) is 6.08 Å². The number of primary amides is 1. The second-order valence-electron chi connectivity index (χ2n) is 4.23. The highest BCUT2D eigenvalue weighted by Crippen LogP contribution is 2.21. The van der Waals surface area contributed by atoms with E-state index in [-0.39, 0.29) is 0 Å². The van der Waals surface area contributed by atoms with Crippen LogP contribution in [0.1, 0.15) is 11.1 Å². The van der Waals surface area contributed by atoms with E-state index in [1.807, 2.05) is 24.3 Å². The van der Waals surface area contributed by atoms with Gasteiger partial charge < -0.3 is 5.73 Å². The van der Waals surface area contributed by atoms with Crippen molar-refractivity contribution in [1.29, 1.82) is 0 Å². The van der Waals surface area contributed by atoms with Crippen molar-refractivity contribution in [2.75, 3.05) is 0 Å². The predicted octanol–water partition coefficient (Wildman–Crippen LogP) is 3.16. The smallest absolute Gasteiger partial charge is 0.241 e. The van der Waals surface area contributed by atoms with Crippen LogP contribution in [0.3, 0.4) is 0 Å². The molecule has 2 aromatic rings. The summed E-state index contributed by atoms with van der Waals surface area (Å²) in [6.45, 7) is 2.07. The molecule has 0 aliphatic heterocycles. The van der Waals surface area contributed by atoms with Gasteiger partial charge in [0.25, 0.3) is 0 Å². The summed E-state index contributed by atoms with van der Waals surface area (Å²) in [7, 11) is 0. The topological polar surface area (TPSA) is 43.1 Å². The largest absolute Gasteiger partial charge is 0.366 e. The maximum absolute atomic E-state index is 10.7. The zero-order chi connectivity index (χ0) is 13.0. The van der Waals surface area contributed by atoms with Crippen molar-refractivity contribution < 1.29 is 4.79 Å². The zero-order valence-corrected chi connectivity index (χ0v) is 10.3.